The Morgan fingerprint density at radius 1 is 1.58 bits per heavy atom. The lowest BCUT2D eigenvalue weighted by Crippen LogP contribution is -2.28. The molecular weight excluding hydrogens is 264 g/mol. The van der Waals surface area contributed by atoms with Gasteiger partial charge in [0.05, 0.1) is 11.6 Å². The maximum atomic E-state index is 11.8. The molecule has 1 aliphatic carbocycles. The molecule has 0 bridgehead atoms. The van der Waals surface area contributed by atoms with E-state index in [1.807, 2.05) is 6.92 Å². The van der Waals surface area contributed by atoms with Gasteiger partial charge in [0.15, 0.2) is 0 Å². The van der Waals surface area contributed by atoms with Crippen LogP contribution in [0.5, 0.6) is 5.75 Å². The Labute approximate surface area is 118 Å². The van der Waals surface area contributed by atoms with Crippen LogP contribution in [0.25, 0.3) is 0 Å². The van der Waals surface area contributed by atoms with Crippen LogP contribution in [-0.2, 0) is 4.79 Å². The summed E-state index contributed by atoms with van der Waals surface area (Å²) in [6, 6.07) is 5.19. The van der Waals surface area contributed by atoms with E-state index in [0.717, 1.165) is 12.8 Å². The largest absolute Gasteiger partial charge is 0.492 e. The molecule has 104 valence electrons. The predicted molar refractivity (Wildman–Crippen MR) is 76.6 cm³/mol. The zero-order valence-corrected chi connectivity index (χ0v) is 11.7. The molecule has 1 atom stereocenters. The van der Waals surface area contributed by atoms with E-state index in [1.54, 1.807) is 18.2 Å². The van der Waals surface area contributed by atoms with Gasteiger partial charge in [-0.1, -0.05) is 11.6 Å². The molecule has 5 heteroatoms. The number of nitrogens with two attached hydrogens (primary N) is 1. The number of carbonyl (C=O) groups excluding carboxylic acids is 1. The van der Waals surface area contributed by atoms with Gasteiger partial charge in [-0.15, -0.1) is 0 Å². The fraction of sp³-hybridized carbons (Fsp3) is 0.500. The van der Waals surface area contributed by atoms with Crippen molar-refractivity contribution in [3.8, 4) is 5.75 Å². The van der Waals surface area contributed by atoms with Crippen molar-refractivity contribution in [2.45, 2.75) is 32.2 Å². The van der Waals surface area contributed by atoms with Crippen molar-refractivity contribution in [2.75, 3.05) is 11.9 Å². The van der Waals surface area contributed by atoms with Crippen molar-refractivity contribution in [1.29, 1.82) is 0 Å². The Morgan fingerprint density at radius 2 is 2.32 bits per heavy atom. The van der Waals surface area contributed by atoms with E-state index in [1.165, 1.54) is 0 Å². The molecule has 0 radical (unpaired) electrons. The number of ether oxygens (including phenoxy) is 1. The minimum Gasteiger partial charge on any atom is -0.492 e. The quantitative estimate of drug-likeness (QED) is 0.843. The van der Waals surface area contributed by atoms with Crippen LogP contribution in [0, 0.1) is 5.92 Å². The Hall–Kier alpha value is -1.26. The molecular formula is C14H19ClN2O2. The third-order valence-corrected chi connectivity index (χ3v) is 3.46. The number of hydrogen-bond acceptors (Lipinski definition) is 3. The van der Waals surface area contributed by atoms with Gasteiger partial charge < -0.3 is 15.8 Å². The molecule has 0 heterocycles. The van der Waals surface area contributed by atoms with Crippen LogP contribution in [0.1, 0.15) is 26.2 Å². The van der Waals surface area contributed by atoms with E-state index >= 15 is 0 Å². The highest BCUT2D eigenvalue weighted by Crippen LogP contribution is 2.33. The number of amides is 1. The smallest absolute Gasteiger partial charge is 0.225 e. The van der Waals surface area contributed by atoms with Crippen LogP contribution in [0.15, 0.2) is 18.2 Å². The molecule has 1 amide bonds. The molecule has 2 rings (SSSR count). The Balaban J connectivity index is 1.90. The molecule has 0 aliphatic heterocycles. The molecule has 4 nitrogen and oxygen atoms in total. The fourth-order valence-corrected chi connectivity index (χ4v) is 2.20. The lowest BCUT2D eigenvalue weighted by atomic mass is 10.1. The Kier molecular flexibility index (Phi) is 4.66. The van der Waals surface area contributed by atoms with E-state index in [0.29, 0.717) is 35.4 Å². The number of anilines is 1. The van der Waals surface area contributed by atoms with Crippen LogP contribution in [0.2, 0.25) is 5.02 Å². The van der Waals surface area contributed by atoms with Crippen molar-refractivity contribution in [3.63, 3.8) is 0 Å². The van der Waals surface area contributed by atoms with Crippen LogP contribution in [0.3, 0.4) is 0 Å². The van der Waals surface area contributed by atoms with E-state index < -0.39 is 0 Å². The van der Waals surface area contributed by atoms with Gasteiger partial charge >= 0.3 is 0 Å². The van der Waals surface area contributed by atoms with E-state index in [9.17, 15) is 4.79 Å². The predicted octanol–water partition coefficient (Wildman–Crippen LogP) is 2.80. The number of nitrogens with one attached hydrogen (secondary N) is 1. The molecule has 0 saturated heterocycles. The zero-order valence-electron chi connectivity index (χ0n) is 11.0. The summed E-state index contributed by atoms with van der Waals surface area (Å²) in [5, 5.41) is 3.30. The highest BCUT2D eigenvalue weighted by molar-refractivity contribution is 6.32. The summed E-state index contributed by atoms with van der Waals surface area (Å²) in [5.74, 6) is 1.08. The molecule has 1 aromatic carbocycles. The first-order chi connectivity index (χ1) is 9.10. The zero-order chi connectivity index (χ0) is 13.8. The summed E-state index contributed by atoms with van der Waals surface area (Å²) in [6.45, 7) is 2.45. The first-order valence-corrected chi connectivity index (χ1v) is 6.95. The van der Waals surface area contributed by atoms with E-state index in [2.05, 4.69) is 5.32 Å². The second-order valence-corrected chi connectivity index (χ2v) is 5.24. The lowest BCUT2D eigenvalue weighted by Gasteiger charge is -2.12. The normalized spacial score (nSPS) is 15.9. The third kappa shape index (κ3) is 4.11. The summed E-state index contributed by atoms with van der Waals surface area (Å²) in [5.41, 5.74) is 6.59. The van der Waals surface area contributed by atoms with Crippen molar-refractivity contribution in [2.24, 2.45) is 11.7 Å². The van der Waals surface area contributed by atoms with Gasteiger partial charge in [-0.25, -0.2) is 0 Å². The van der Waals surface area contributed by atoms with Crippen LogP contribution in [-0.4, -0.2) is 18.6 Å². The van der Waals surface area contributed by atoms with E-state index in [4.69, 9.17) is 22.1 Å². The molecule has 1 saturated carbocycles. The number of rotatable bonds is 6. The summed E-state index contributed by atoms with van der Waals surface area (Å²) in [6.07, 6.45) is 2.64. The summed E-state index contributed by atoms with van der Waals surface area (Å²) in [7, 11) is 0. The Bertz CT molecular complexity index is 461. The SMILES string of the molecule is CCOc1ccc(NC(=O)CC(N)C2CC2)cc1Cl. The van der Waals surface area contributed by atoms with Gasteiger partial charge in [0.1, 0.15) is 5.75 Å². The van der Waals surface area contributed by atoms with Crippen LogP contribution >= 0.6 is 11.6 Å². The first-order valence-electron chi connectivity index (χ1n) is 6.58. The molecule has 1 aromatic rings. The minimum absolute atomic E-state index is 0.0295. The van der Waals surface area contributed by atoms with Gasteiger partial charge in [0, 0.05) is 18.2 Å². The maximum absolute atomic E-state index is 11.8. The molecule has 0 aromatic heterocycles. The minimum atomic E-state index is -0.0698. The van der Waals surface area contributed by atoms with Crippen molar-refractivity contribution < 1.29 is 9.53 Å². The van der Waals surface area contributed by atoms with Gasteiger partial charge in [-0.2, -0.15) is 0 Å². The highest BCUT2D eigenvalue weighted by atomic mass is 35.5. The average Bonchev–Trinajstić information content (AvgIpc) is 3.16. The summed E-state index contributed by atoms with van der Waals surface area (Å²) >= 11 is 6.06. The average molecular weight is 283 g/mol. The second kappa shape index (κ2) is 6.26. The summed E-state index contributed by atoms with van der Waals surface area (Å²) < 4.78 is 5.34. The molecule has 1 unspecified atom stereocenters. The number of benzene rings is 1. The van der Waals surface area contributed by atoms with Gasteiger partial charge in [-0.3, -0.25) is 4.79 Å². The van der Waals surface area contributed by atoms with E-state index in [-0.39, 0.29) is 11.9 Å². The summed E-state index contributed by atoms with van der Waals surface area (Å²) in [4.78, 5) is 11.8. The van der Waals surface area contributed by atoms with Crippen LogP contribution < -0.4 is 15.8 Å². The Morgan fingerprint density at radius 3 is 2.89 bits per heavy atom. The molecule has 19 heavy (non-hydrogen) atoms. The van der Waals surface area contributed by atoms with Crippen molar-refractivity contribution in [3.05, 3.63) is 23.2 Å². The lowest BCUT2D eigenvalue weighted by molar-refractivity contribution is -0.116. The number of hydrogen-bond donors (Lipinski definition) is 2. The first kappa shape index (κ1) is 14.2. The second-order valence-electron chi connectivity index (χ2n) is 4.83. The monoisotopic (exact) mass is 282 g/mol. The van der Waals surface area contributed by atoms with Crippen molar-refractivity contribution >= 4 is 23.2 Å². The van der Waals surface area contributed by atoms with Gasteiger partial charge in [0.25, 0.3) is 0 Å². The van der Waals surface area contributed by atoms with Crippen molar-refractivity contribution in [1.82, 2.24) is 0 Å². The van der Waals surface area contributed by atoms with Gasteiger partial charge in [0.2, 0.25) is 5.91 Å². The number of halogens is 1. The maximum Gasteiger partial charge on any atom is 0.225 e. The fourth-order valence-electron chi connectivity index (χ4n) is 1.97. The van der Waals surface area contributed by atoms with Gasteiger partial charge in [-0.05, 0) is 43.9 Å². The molecule has 0 spiro atoms. The number of carbonyl (C=O) groups is 1. The standard InChI is InChI=1S/C14H19ClN2O2/c1-2-19-13-6-5-10(7-11(13)15)17-14(18)8-12(16)9-3-4-9/h5-7,9,12H,2-4,8,16H2,1H3,(H,17,18). The third-order valence-electron chi connectivity index (χ3n) is 3.16. The highest BCUT2D eigenvalue weighted by Gasteiger charge is 2.29. The molecule has 1 fully saturated rings. The topological polar surface area (TPSA) is 64.3 Å². The molecule has 3 N–H and O–H groups in total. The van der Waals surface area contributed by atoms with Crippen LogP contribution in [0.4, 0.5) is 5.69 Å². The molecule has 1 aliphatic rings.